The molecule has 1 rings (SSSR count). The Hall–Kier alpha value is -0.160. The van der Waals surface area contributed by atoms with Crippen LogP contribution in [0.1, 0.15) is 26.7 Å². The van der Waals surface area contributed by atoms with E-state index in [4.69, 9.17) is 0 Å². The van der Waals surface area contributed by atoms with Crippen molar-refractivity contribution in [3.05, 3.63) is 0 Å². The van der Waals surface area contributed by atoms with E-state index >= 15 is 0 Å². The third-order valence-electron chi connectivity index (χ3n) is 2.99. The van der Waals surface area contributed by atoms with Crippen molar-refractivity contribution in [3.63, 3.8) is 0 Å². The standard InChI is InChI=1S/C9H18O4/c1-5(2)9(13)3-6(10)8(12)7(11)4-9/h5-8,10-13H,3-4H2,1-2H3/t6-,7+,8?,9?. The van der Waals surface area contributed by atoms with Gasteiger partial charge in [-0.1, -0.05) is 13.8 Å². The van der Waals surface area contributed by atoms with Crippen LogP contribution in [0.25, 0.3) is 0 Å². The van der Waals surface area contributed by atoms with Gasteiger partial charge in [0.1, 0.15) is 6.10 Å². The van der Waals surface area contributed by atoms with Gasteiger partial charge >= 0.3 is 0 Å². The van der Waals surface area contributed by atoms with Crippen LogP contribution in [0.15, 0.2) is 0 Å². The number of aliphatic hydroxyl groups is 4. The molecule has 0 radical (unpaired) electrons. The van der Waals surface area contributed by atoms with Gasteiger partial charge in [-0.3, -0.25) is 0 Å². The average molecular weight is 190 g/mol. The fourth-order valence-electron chi connectivity index (χ4n) is 1.78. The van der Waals surface area contributed by atoms with Gasteiger partial charge in [0.15, 0.2) is 0 Å². The summed E-state index contributed by atoms with van der Waals surface area (Å²) in [6.45, 7) is 3.66. The first-order chi connectivity index (χ1) is 5.87. The highest BCUT2D eigenvalue weighted by atomic mass is 16.4. The Morgan fingerprint density at radius 2 is 1.46 bits per heavy atom. The molecule has 4 nitrogen and oxygen atoms in total. The molecule has 1 fully saturated rings. The zero-order chi connectivity index (χ0) is 10.2. The molecule has 0 amide bonds. The summed E-state index contributed by atoms with van der Waals surface area (Å²) in [5.74, 6) is -0.0377. The Morgan fingerprint density at radius 1 is 1.08 bits per heavy atom. The largest absolute Gasteiger partial charge is 0.390 e. The quantitative estimate of drug-likeness (QED) is 0.438. The van der Waals surface area contributed by atoms with Crippen LogP contribution >= 0.6 is 0 Å². The van der Waals surface area contributed by atoms with Gasteiger partial charge in [0.25, 0.3) is 0 Å². The summed E-state index contributed by atoms with van der Waals surface area (Å²) in [6.07, 6.45) is -2.93. The molecule has 13 heavy (non-hydrogen) atoms. The van der Waals surface area contributed by atoms with Crippen LogP contribution in [0.4, 0.5) is 0 Å². The fourth-order valence-corrected chi connectivity index (χ4v) is 1.78. The minimum Gasteiger partial charge on any atom is -0.390 e. The van der Waals surface area contributed by atoms with Gasteiger partial charge in [0.2, 0.25) is 0 Å². The van der Waals surface area contributed by atoms with Gasteiger partial charge in [-0.05, 0) is 5.92 Å². The van der Waals surface area contributed by atoms with Crippen molar-refractivity contribution >= 4 is 0 Å². The smallest absolute Gasteiger partial charge is 0.106 e. The van der Waals surface area contributed by atoms with Crippen LogP contribution in [0.3, 0.4) is 0 Å². The first-order valence-electron chi connectivity index (χ1n) is 4.63. The molecule has 0 aromatic rings. The fraction of sp³-hybridized carbons (Fsp3) is 1.00. The molecule has 78 valence electrons. The third-order valence-corrected chi connectivity index (χ3v) is 2.99. The molecule has 0 spiro atoms. The number of hydrogen-bond acceptors (Lipinski definition) is 4. The summed E-state index contributed by atoms with van der Waals surface area (Å²) in [6, 6.07) is 0. The lowest BCUT2D eigenvalue weighted by Crippen LogP contribution is -2.54. The zero-order valence-corrected chi connectivity index (χ0v) is 8.01. The van der Waals surface area contributed by atoms with Crippen molar-refractivity contribution in [1.29, 1.82) is 0 Å². The van der Waals surface area contributed by atoms with Crippen molar-refractivity contribution in [2.75, 3.05) is 0 Å². The van der Waals surface area contributed by atoms with Crippen LogP contribution in [-0.4, -0.2) is 44.3 Å². The molecule has 1 aliphatic carbocycles. The second-order valence-electron chi connectivity index (χ2n) is 4.29. The second-order valence-corrected chi connectivity index (χ2v) is 4.29. The molecule has 0 aliphatic heterocycles. The summed E-state index contributed by atoms with van der Waals surface area (Å²) in [7, 11) is 0. The Balaban J connectivity index is 2.73. The molecular weight excluding hydrogens is 172 g/mol. The van der Waals surface area contributed by atoms with Crippen LogP contribution in [0.5, 0.6) is 0 Å². The maximum absolute atomic E-state index is 9.98. The van der Waals surface area contributed by atoms with Crippen LogP contribution < -0.4 is 0 Å². The van der Waals surface area contributed by atoms with Crippen molar-refractivity contribution in [2.24, 2.45) is 5.92 Å². The second kappa shape index (κ2) is 3.53. The summed E-state index contributed by atoms with van der Waals surface area (Å²) < 4.78 is 0. The predicted molar refractivity (Wildman–Crippen MR) is 47.0 cm³/mol. The first-order valence-corrected chi connectivity index (χ1v) is 4.63. The third kappa shape index (κ3) is 2.02. The van der Waals surface area contributed by atoms with Crippen LogP contribution in [0.2, 0.25) is 0 Å². The van der Waals surface area contributed by atoms with E-state index in [1.54, 1.807) is 0 Å². The van der Waals surface area contributed by atoms with E-state index < -0.39 is 23.9 Å². The van der Waals surface area contributed by atoms with Gasteiger partial charge in [-0.2, -0.15) is 0 Å². The normalized spacial score (nSPS) is 46.8. The minimum absolute atomic E-state index is 0.0377. The highest BCUT2D eigenvalue weighted by molar-refractivity contribution is 4.96. The molecule has 2 unspecified atom stereocenters. The predicted octanol–water partition coefficient (Wildman–Crippen LogP) is -0.750. The molecule has 4 heteroatoms. The van der Waals surface area contributed by atoms with Gasteiger partial charge in [-0.15, -0.1) is 0 Å². The van der Waals surface area contributed by atoms with Gasteiger partial charge in [0, 0.05) is 12.8 Å². The molecular formula is C9H18O4. The lowest BCUT2D eigenvalue weighted by atomic mass is 9.73. The van der Waals surface area contributed by atoms with E-state index in [0.29, 0.717) is 0 Å². The summed E-state index contributed by atoms with van der Waals surface area (Å²) in [4.78, 5) is 0. The Morgan fingerprint density at radius 3 is 1.77 bits per heavy atom. The van der Waals surface area contributed by atoms with Crippen molar-refractivity contribution in [3.8, 4) is 0 Å². The lowest BCUT2D eigenvalue weighted by molar-refractivity contribution is -0.168. The zero-order valence-electron chi connectivity index (χ0n) is 8.01. The highest BCUT2D eigenvalue weighted by Crippen LogP contribution is 2.34. The Kier molecular flexibility index (Phi) is 2.97. The molecule has 4 atom stereocenters. The van der Waals surface area contributed by atoms with Crippen LogP contribution in [-0.2, 0) is 0 Å². The first kappa shape index (κ1) is 10.9. The van der Waals surface area contributed by atoms with Gasteiger partial charge in [0.05, 0.1) is 17.8 Å². The molecule has 0 heterocycles. The van der Waals surface area contributed by atoms with E-state index in [-0.39, 0.29) is 18.8 Å². The molecule has 0 aromatic heterocycles. The highest BCUT2D eigenvalue weighted by Gasteiger charge is 2.44. The monoisotopic (exact) mass is 190 g/mol. The lowest BCUT2D eigenvalue weighted by Gasteiger charge is -2.42. The summed E-state index contributed by atoms with van der Waals surface area (Å²) >= 11 is 0. The van der Waals surface area contributed by atoms with Crippen molar-refractivity contribution in [1.82, 2.24) is 0 Å². The summed E-state index contributed by atoms with van der Waals surface area (Å²) in [5.41, 5.74) is -1.06. The van der Waals surface area contributed by atoms with Crippen molar-refractivity contribution in [2.45, 2.75) is 50.6 Å². The number of hydrogen-bond donors (Lipinski definition) is 4. The van der Waals surface area contributed by atoms with E-state index in [1.807, 2.05) is 13.8 Å². The van der Waals surface area contributed by atoms with Crippen LogP contribution in [0, 0.1) is 5.92 Å². The van der Waals surface area contributed by atoms with Gasteiger partial charge < -0.3 is 20.4 Å². The summed E-state index contributed by atoms with van der Waals surface area (Å²) in [5, 5.41) is 38.0. The van der Waals surface area contributed by atoms with E-state index in [9.17, 15) is 20.4 Å². The minimum atomic E-state index is -1.13. The molecule has 0 bridgehead atoms. The molecule has 4 N–H and O–H groups in total. The number of rotatable bonds is 1. The van der Waals surface area contributed by atoms with Crippen molar-refractivity contribution < 1.29 is 20.4 Å². The maximum atomic E-state index is 9.98. The molecule has 0 aromatic carbocycles. The number of aliphatic hydroxyl groups excluding tert-OH is 3. The Bertz CT molecular complexity index is 168. The van der Waals surface area contributed by atoms with E-state index in [2.05, 4.69) is 0 Å². The molecule has 0 saturated heterocycles. The van der Waals surface area contributed by atoms with Gasteiger partial charge in [-0.25, -0.2) is 0 Å². The van der Waals surface area contributed by atoms with E-state index in [1.165, 1.54) is 0 Å². The SMILES string of the molecule is CC(C)C1(O)C[C@@H](O)C(O)[C@@H](O)C1. The average Bonchev–Trinajstić information content (AvgIpc) is 2.00. The topological polar surface area (TPSA) is 80.9 Å². The van der Waals surface area contributed by atoms with E-state index in [0.717, 1.165) is 0 Å². The molecule has 1 saturated carbocycles. The maximum Gasteiger partial charge on any atom is 0.106 e. The molecule has 1 aliphatic rings. The Labute approximate surface area is 77.8 Å².